The third-order valence-corrected chi connectivity index (χ3v) is 4.06. The van der Waals surface area contributed by atoms with Crippen LogP contribution in [-0.4, -0.2) is 38.0 Å². The second-order valence-electron chi connectivity index (χ2n) is 5.36. The topological polar surface area (TPSA) is 93.0 Å². The van der Waals surface area contributed by atoms with E-state index in [-0.39, 0.29) is 11.6 Å². The molecule has 0 aliphatic carbocycles. The highest BCUT2D eigenvalue weighted by atomic mass is 16.2. The van der Waals surface area contributed by atoms with E-state index in [1.54, 1.807) is 7.05 Å². The third kappa shape index (κ3) is 1.98. The van der Waals surface area contributed by atoms with Crippen molar-refractivity contribution in [2.24, 2.45) is 14.1 Å². The number of H-pyrrole nitrogens is 1. The summed E-state index contributed by atoms with van der Waals surface area (Å²) in [6.45, 7) is 0.706. The predicted octanol–water partition coefficient (Wildman–Crippen LogP) is -0.482. The largest absolute Gasteiger partial charge is 0.333 e. The molecule has 1 fully saturated rings. The zero-order chi connectivity index (χ0) is 15.1. The average Bonchev–Trinajstić information content (AvgIpc) is 2.96. The fourth-order valence-electron chi connectivity index (χ4n) is 2.81. The maximum atomic E-state index is 12.1. The van der Waals surface area contributed by atoms with E-state index in [0.717, 1.165) is 30.1 Å². The molecule has 0 spiro atoms. The first kappa shape index (κ1) is 13.6. The van der Waals surface area contributed by atoms with Crippen LogP contribution in [0.15, 0.2) is 9.59 Å². The number of aryl methyl sites for hydroxylation is 1. The smallest absolute Gasteiger partial charge is 0.332 e. The summed E-state index contributed by atoms with van der Waals surface area (Å²) in [4.78, 5) is 44.4. The Balaban J connectivity index is 2.20. The Morgan fingerprint density at radius 1 is 1.24 bits per heavy atom. The molecule has 3 rings (SSSR count). The highest BCUT2D eigenvalue weighted by Crippen LogP contribution is 2.22. The molecule has 1 aliphatic rings. The molecule has 2 aromatic rings. The van der Waals surface area contributed by atoms with Gasteiger partial charge in [0.1, 0.15) is 6.29 Å². The Morgan fingerprint density at radius 2 is 2.00 bits per heavy atom. The van der Waals surface area contributed by atoms with E-state index in [9.17, 15) is 14.4 Å². The number of aldehydes is 1. The molecule has 0 radical (unpaired) electrons. The van der Waals surface area contributed by atoms with Crippen molar-refractivity contribution >= 4 is 23.4 Å². The number of hydrogen-bond donors (Lipinski definition) is 1. The number of fused-ring (bicyclic) bond motifs is 1. The summed E-state index contributed by atoms with van der Waals surface area (Å²) in [7, 11) is 3.00. The van der Waals surface area contributed by atoms with E-state index in [2.05, 4.69) is 9.97 Å². The van der Waals surface area contributed by atoms with Crippen LogP contribution in [0.3, 0.4) is 0 Å². The lowest BCUT2D eigenvalue weighted by Crippen LogP contribution is -2.41. The summed E-state index contributed by atoms with van der Waals surface area (Å²) in [6.07, 6.45) is 3.65. The van der Waals surface area contributed by atoms with Gasteiger partial charge in [-0.15, -0.1) is 0 Å². The minimum atomic E-state index is -0.420. The minimum absolute atomic E-state index is 0.236. The summed E-state index contributed by atoms with van der Waals surface area (Å²) in [5.41, 5.74) is -0.235. The number of hydrogen-bond acceptors (Lipinski definition) is 5. The number of carbonyl (C=O) groups excluding carboxylic acids is 1. The first-order chi connectivity index (χ1) is 10.0. The number of anilines is 1. The standard InChI is InChI=1S/C13H17N5O3/c1-16-10-9(11(20)17(2)13(16)21)14-12(15-10)18-6-4-3-5-8(18)7-19/h7-8H,3-6H2,1-2H3,(H,14,15). The van der Waals surface area contributed by atoms with Gasteiger partial charge in [-0.2, -0.15) is 4.98 Å². The van der Waals surface area contributed by atoms with Crippen molar-refractivity contribution in [2.75, 3.05) is 11.4 Å². The van der Waals surface area contributed by atoms with E-state index in [4.69, 9.17) is 0 Å². The quantitative estimate of drug-likeness (QED) is 0.754. The lowest BCUT2D eigenvalue weighted by molar-refractivity contribution is -0.109. The molecule has 2 aromatic heterocycles. The second kappa shape index (κ2) is 4.87. The van der Waals surface area contributed by atoms with Gasteiger partial charge < -0.3 is 14.7 Å². The van der Waals surface area contributed by atoms with Crippen molar-refractivity contribution in [2.45, 2.75) is 25.3 Å². The van der Waals surface area contributed by atoms with Crippen LogP contribution in [0.25, 0.3) is 11.2 Å². The molecular weight excluding hydrogens is 274 g/mol. The monoisotopic (exact) mass is 291 g/mol. The number of nitrogens with one attached hydrogen (secondary N) is 1. The van der Waals surface area contributed by atoms with Crippen LogP contribution in [0, 0.1) is 0 Å². The van der Waals surface area contributed by atoms with Gasteiger partial charge in [0.25, 0.3) is 5.56 Å². The third-order valence-electron chi connectivity index (χ3n) is 4.06. The molecule has 21 heavy (non-hydrogen) atoms. The Hall–Kier alpha value is -2.38. The molecule has 8 nitrogen and oxygen atoms in total. The van der Waals surface area contributed by atoms with Crippen LogP contribution in [0.5, 0.6) is 0 Å². The number of nitrogens with zero attached hydrogens (tertiary/aromatic N) is 4. The van der Waals surface area contributed by atoms with Crippen molar-refractivity contribution < 1.29 is 4.79 Å². The van der Waals surface area contributed by atoms with Gasteiger partial charge in [0, 0.05) is 20.6 Å². The van der Waals surface area contributed by atoms with Crippen LogP contribution in [0.2, 0.25) is 0 Å². The van der Waals surface area contributed by atoms with Gasteiger partial charge in [0.05, 0.1) is 6.04 Å². The van der Waals surface area contributed by atoms with Crippen LogP contribution in [-0.2, 0) is 18.9 Å². The molecule has 1 N–H and O–H groups in total. The highest BCUT2D eigenvalue weighted by molar-refractivity contribution is 5.74. The van der Waals surface area contributed by atoms with Crippen LogP contribution < -0.4 is 16.1 Å². The molecule has 112 valence electrons. The molecule has 1 atom stereocenters. The maximum absolute atomic E-state index is 12.1. The molecule has 1 aliphatic heterocycles. The van der Waals surface area contributed by atoms with Crippen molar-refractivity contribution in [1.29, 1.82) is 0 Å². The lowest BCUT2D eigenvalue weighted by atomic mass is 10.0. The summed E-state index contributed by atoms with van der Waals surface area (Å²) in [5, 5.41) is 0. The molecule has 8 heteroatoms. The van der Waals surface area contributed by atoms with Gasteiger partial charge in [-0.05, 0) is 19.3 Å². The predicted molar refractivity (Wildman–Crippen MR) is 77.6 cm³/mol. The Labute approximate surface area is 120 Å². The number of aromatic nitrogens is 4. The Kier molecular flexibility index (Phi) is 3.15. The molecule has 1 unspecified atom stereocenters. The van der Waals surface area contributed by atoms with Gasteiger partial charge >= 0.3 is 5.69 Å². The fourth-order valence-corrected chi connectivity index (χ4v) is 2.81. The molecule has 0 saturated carbocycles. The van der Waals surface area contributed by atoms with E-state index >= 15 is 0 Å². The van der Waals surface area contributed by atoms with Gasteiger partial charge in [0.2, 0.25) is 5.95 Å². The first-order valence-electron chi connectivity index (χ1n) is 6.92. The van der Waals surface area contributed by atoms with Crippen molar-refractivity contribution in [3.63, 3.8) is 0 Å². The maximum Gasteiger partial charge on any atom is 0.332 e. The normalized spacial score (nSPS) is 19.1. The average molecular weight is 291 g/mol. The number of piperidine rings is 1. The van der Waals surface area contributed by atoms with E-state index < -0.39 is 11.2 Å². The molecular formula is C13H17N5O3. The minimum Gasteiger partial charge on any atom is -0.333 e. The van der Waals surface area contributed by atoms with Gasteiger partial charge in [-0.3, -0.25) is 13.9 Å². The van der Waals surface area contributed by atoms with E-state index in [0.29, 0.717) is 18.1 Å². The molecule has 0 aromatic carbocycles. The SMILES string of the molecule is Cn1c(=O)c2[nH]c(N3CCCCC3C=O)nc2n(C)c1=O. The summed E-state index contributed by atoms with van der Waals surface area (Å²) >= 11 is 0. The molecule has 0 amide bonds. The Bertz CT molecular complexity index is 816. The fraction of sp³-hybridized carbons (Fsp3) is 0.538. The van der Waals surface area contributed by atoms with Gasteiger partial charge in [-0.25, -0.2) is 4.79 Å². The Morgan fingerprint density at radius 3 is 2.71 bits per heavy atom. The second-order valence-corrected chi connectivity index (χ2v) is 5.36. The van der Waals surface area contributed by atoms with Crippen LogP contribution in [0.4, 0.5) is 5.95 Å². The summed E-state index contributed by atoms with van der Waals surface area (Å²) in [6, 6.07) is -0.236. The van der Waals surface area contributed by atoms with E-state index in [1.165, 1.54) is 11.6 Å². The molecule has 3 heterocycles. The molecule has 0 bridgehead atoms. The van der Waals surface area contributed by atoms with Crippen LogP contribution in [0.1, 0.15) is 19.3 Å². The number of imidazole rings is 1. The van der Waals surface area contributed by atoms with Crippen molar-refractivity contribution in [1.82, 2.24) is 19.1 Å². The summed E-state index contributed by atoms with van der Waals surface area (Å²) in [5.74, 6) is 0.472. The first-order valence-corrected chi connectivity index (χ1v) is 6.92. The number of carbonyl (C=O) groups is 1. The summed E-state index contributed by atoms with van der Waals surface area (Å²) < 4.78 is 2.37. The molecule has 1 saturated heterocycles. The zero-order valence-corrected chi connectivity index (χ0v) is 12.0. The van der Waals surface area contributed by atoms with Crippen molar-refractivity contribution in [3.8, 4) is 0 Å². The zero-order valence-electron chi connectivity index (χ0n) is 12.0. The highest BCUT2D eigenvalue weighted by Gasteiger charge is 2.25. The van der Waals surface area contributed by atoms with Crippen molar-refractivity contribution in [3.05, 3.63) is 20.8 Å². The number of aromatic amines is 1. The number of rotatable bonds is 2. The van der Waals surface area contributed by atoms with Gasteiger partial charge in [-0.1, -0.05) is 0 Å². The van der Waals surface area contributed by atoms with Crippen LogP contribution >= 0.6 is 0 Å². The lowest BCUT2D eigenvalue weighted by Gasteiger charge is -2.31. The van der Waals surface area contributed by atoms with E-state index in [1.807, 2.05) is 4.90 Å². The van der Waals surface area contributed by atoms with Gasteiger partial charge in [0.15, 0.2) is 11.2 Å².